The number of methoxy groups -OCH3 is 1. The first-order valence-electron chi connectivity index (χ1n) is 8.90. The molecule has 1 aliphatic rings. The highest BCUT2D eigenvalue weighted by molar-refractivity contribution is 5.94. The van der Waals surface area contributed by atoms with E-state index in [1.54, 1.807) is 18.9 Å². The lowest BCUT2D eigenvalue weighted by Gasteiger charge is -2.29. The molecule has 26 heavy (non-hydrogen) atoms. The summed E-state index contributed by atoms with van der Waals surface area (Å²) in [6.07, 6.45) is 2.97. The van der Waals surface area contributed by atoms with Gasteiger partial charge >= 0.3 is 0 Å². The Morgan fingerprint density at radius 2 is 1.92 bits per heavy atom. The molecular weight excluding hydrogens is 328 g/mol. The summed E-state index contributed by atoms with van der Waals surface area (Å²) in [5, 5.41) is 2.96. The van der Waals surface area contributed by atoms with E-state index in [4.69, 9.17) is 4.74 Å². The summed E-state index contributed by atoms with van der Waals surface area (Å²) in [5.41, 5.74) is 3.96. The Bertz CT molecular complexity index is 799. The summed E-state index contributed by atoms with van der Waals surface area (Å²) in [5.74, 6) is 0.856. The van der Waals surface area contributed by atoms with Gasteiger partial charge in [-0.3, -0.25) is 9.59 Å². The second kappa shape index (κ2) is 8.04. The third-order valence-corrected chi connectivity index (χ3v) is 4.66. The normalized spacial score (nSPS) is 13.1. The molecule has 2 aromatic rings. The van der Waals surface area contributed by atoms with Gasteiger partial charge in [-0.15, -0.1) is 0 Å². The average molecular weight is 352 g/mol. The number of nitrogens with zero attached hydrogens (tertiary/aromatic N) is 1. The van der Waals surface area contributed by atoms with E-state index in [0.29, 0.717) is 12.8 Å². The molecule has 136 valence electrons. The van der Waals surface area contributed by atoms with Crippen molar-refractivity contribution in [1.82, 2.24) is 0 Å². The Kier molecular flexibility index (Phi) is 5.56. The number of carbonyl (C=O) groups excluding carboxylic acids is 2. The van der Waals surface area contributed by atoms with Gasteiger partial charge in [-0.1, -0.05) is 12.1 Å². The molecule has 0 unspecified atom stereocenters. The first-order valence-corrected chi connectivity index (χ1v) is 8.90. The minimum atomic E-state index is -0.0139. The van der Waals surface area contributed by atoms with Crippen molar-refractivity contribution < 1.29 is 14.3 Å². The fraction of sp³-hybridized carbons (Fsp3) is 0.333. The van der Waals surface area contributed by atoms with Crippen molar-refractivity contribution in [3.63, 3.8) is 0 Å². The van der Waals surface area contributed by atoms with Crippen molar-refractivity contribution in [1.29, 1.82) is 0 Å². The number of hydrogen-bond acceptors (Lipinski definition) is 3. The van der Waals surface area contributed by atoms with E-state index in [0.717, 1.165) is 47.6 Å². The van der Waals surface area contributed by atoms with Gasteiger partial charge in [0.1, 0.15) is 5.75 Å². The minimum absolute atomic E-state index is 0.0139. The minimum Gasteiger partial charge on any atom is -0.497 e. The van der Waals surface area contributed by atoms with Gasteiger partial charge in [-0.25, -0.2) is 0 Å². The molecule has 0 aromatic heterocycles. The van der Waals surface area contributed by atoms with Crippen LogP contribution < -0.4 is 15.0 Å². The van der Waals surface area contributed by atoms with Gasteiger partial charge < -0.3 is 15.0 Å². The van der Waals surface area contributed by atoms with Gasteiger partial charge in [0, 0.05) is 31.3 Å². The third kappa shape index (κ3) is 4.23. The summed E-state index contributed by atoms with van der Waals surface area (Å²) in [6, 6.07) is 13.5. The molecule has 0 fully saturated rings. The number of amides is 2. The van der Waals surface area contributed by atoms with Gasteiger partial charge in [0.2, 0.25) is 11.8 Å². The highest BCUT2D eigenvalue weighted by atomic mass is 16.5. The number of rotatable bonds is 5. The fourth-order valence-corrected chi connectivity index (χ4v) is 3.28. The lowest BCUT2D eigenvalue weighted by Crippen LogP contribution is -2.33. The maximum Gasteiger partial charge on any atom is 0.224 e. The summed E-state index contributed by atoms with van der Waals surface area (Å²) in [4.78, 5) is 25.8. The average Bonchev–Trinajstić information content (AvgIpc) is 2.66. The van der Waals surface area contributed by atoms with E-state index < -0.39 is 0 Å². The largest absolute Gasteiger partial charge is 0.497 e. The molecule has 5 heteroatoms. The molecule has 1 aliphatic heterocycles. The molecule has 1 N–H and O–H groups in total. The fourth-order valence-electron chi connectivity index (χ4n) is 3.28. The zero-order chi connectivity index (χ0) is 18.5. The molecule has 0 saturated heterocycles. The third-order valence-electron chi connectivity index (χ3n) is 4.66. The van der Waals surface area contributed by atoms with Gasteiger partial charge in [0.15, 0.2) is 0 Å². The van der Waals surface area contributed by atoms with E-state index in [2.05, 4.69) is 5.32 Å². The second-order valence-corrected chi connectivity index (χ2v) is 6.51. The van der Waals surface area contributed by atoms with Crippen LogP contribution in [0.2, 0.25) is 0 Å². The molecular formula is C21H24N2O3. The molecule has 0 atom stereocenters. The first-order chi connectivity index (χ1) is 12.6. The molecule has 2 aromatic carbocycles. The van der Waals surface area contributed by atoms with Gasteiger partial charge in [-0.05, 0) is 60.7 Å². The maximum absolute atomic E-state index is 12.2. The van der Waals surface area contributed by atoms with E-state index in [1.165, 1.54) is 0 Å². The number of fused-ring (bicyclic) bond motifs is 1. The Balaban J connectivity index is 1.60. The Labute approximate surface area is 154 Å². The van der Waals surface area contributed by atoms with Crippen LogP contribution >= 0.6 is 0 Å². The Hall–Kier alpha value is -2.82. The topological polar surface area (TPSA) is 58.6 Å². The number of benzene rings is 2. The quantitative estimate of drug-likeness (QED) is 0.895. The summed E-state index contributed by atoms with van der Waals surface area (Å²) >= 11 is 0. The molecule has 5 nitrogen and oxygen atoms in total. The van der Waals surface area contributed by atoms with Crippen LogP contribution in [0.25, 0.3) is 0 Å². The Morgan fingerprint density at radius 3 is 2.62 bits per heavy atom. The molecule has 3 rings (SSSR count). The number of nitrogens with one attached hydrogen (secondary N) is 1. The highest BCUT2D eigenvalue weighted by Crippen LogP contribution is 2.29. The lowest BCUT2D eigenvalue weighted by atomic mass is 10.0. The lowest BCUT2D eigenvalue weighted by molar-refractivity contribution is -0.117. The van der Waals surface area contributed by atoms with E-state index >= 15 is 0 Å². The number of ether oxygens (including phenoxy) is 1. The van der Waals surface area contributed by atoms with Crippen LogP contribution in [0.5, 0.6) is 5.75 Å². The first kappa shape index (κ1) is 18.0. The van der Waals surface area contributed by atoms with Crippen molar-refractivity contribution in [2.75, 3.05) is 23.9 Å². The van der Waals surface area contributed by atoms with E-state index in [9.17, 15) is 9.59 Å². The van der Waals surface area contributed by atoms with E-state index in [-0.39, 0.29) is 11.8 Å². The molecule has 0 aliphatic carbocycles. The van der Waals surface area contributed by atoms with Crippen LogP contribution in [-0.4, -0.2) is 25.5 Å². The van der Waals surface area contributed by atoms with Crippen LogP contribution in [0, 0.1) is 0 Å². The number of anilines is 2. The summed E-state index contributed by atoms with van der Waals surface area (Å²) in [6.45, 7) is 2.35. The summed E-state index contributed by atoms with van der Waals surface area (Å²) in [7, 11) is 1.64. The molecule has 1 heterocycles. The predicted octanol–water partition coefficient (Wildman–Crippen LogP) is 3.57. The highest BCUT2D eigenvalue weighted by Gasteiger charge is 2.20. The number of carbonyl (C=O) groups is 2. The van der Waals surface area contributed by atoms with Crippen molar-refractivity contribution in [2.45, 2.75) is 32.6 Å². The van der Waals surface area contributed by atoms with Crippen molar-refractivity contribution in [3.8, 4) is 5.75 Å². The molecule has 2 amide bonds. The molecule has 0 saturated carbocycles. The van der Waals surface area contributed by atoms with Crippen LogP contribution in [0.3, 0.4) is 0 Å². The van der Waals surface area contributed by atoms with Crippen LogP contribution in [0.15, 0.2) is 42.5 Å². The molecule has 0 spiro atoms. The standard InChI is InChI=1S/C21H24N2O3/c1-15(24)23-13-3-4-17-14-18(8-11-20(17)23)22-21(25)12-7-16-5-9-19(26-2)10-6-16/h5-6,8-11,14H,3-4,7,12-13H2,1-2H3,(H,22,25). The summed E-state index contributed by atoms with van der Waals surface area (Å²) < 4.78 is 5.14. The Morgan fingerprint density at radius 1 is 1.15 bits per heavy atom. The SMILES string of the molecule is COc1ccc(CCC(=O)Nc2ccc3c(c2)CCCN3C(C)=O)cc1. The van der Waals surface area contributed by atoms with Gasteiger partial charge in [0.05, 0.1) is 7.11 Å². The predicted molar refractivity (Wildman–Crippen MR) is 103 cm³/mol. The van der Waals surface area contributed by atoms with E-state index in [1.807, 2.05) is 42.5 Å². The maximum atomic E-state index is 12.2. The van der Waals surface area contributed by atoms with Crippen molar-refractivity contribution in [2.24, 2.45) is 0 Å². The van der Waals surface area contributed by atoms with Crippen LogP contribution in [-0.2, 0) is 22.4 Å². The van der Waals surface area contributed by atoms with Crippen LogP contribution in [0.4, 0.5) is 11.4 Å². The molecule has 0 radical (unpaired) electrons. The monoisotopic (exact) mass is 352 g/mol. The second-order valence-electron chi connectivity index (χ2n) is 6.51. The van der Waals surface area contributed by atoms with Crippen LogP contribution in [0.1, 0.15) is 30.9 Å². The molecule has 0 bridgehead atoms. The smallest absolute Gasteiger partial charge is 0.224 e. The van der Waals surface area contributed by atoms with Crippen molar-refractivity contribution >= 4 is 23.2 Å². The number of aryl methyl sites for hydroxylation is 2. The zero-order valence-corrected chi connectivity index (χ0v) is 15.2. The number of hydrogen-bond donors (Lipinski definition) is 1. The van der Waals surface area contributed by atoms with Crippen molar-refractivity contribution in [3.05, 3.63) is 53.6 Å². The zero-order valence-electron chi connectivity index (χ0n) is 15.2. The van der Waals surface area contributed by atoms with Gasteiger partial charge in [-0.2, -0.15) is 0 Å². The van der Waals surface area contributed by atoms with Gasteiger partial charge in [0.25, 0.3) is 0 Å².